The summed E-state index contributed by atoms with van der Waals surface area (Å²) in [5, 5.41) is 11.8. The summed E-state index contributed by atoms with van der Waals surface area (Å²) in [7, 11) is 1.85. The molecule has 0 aromatic carbocycles. The molecule has 64 valence electrons. The molecule has 1 aromatic rings. The number of hydrogen-bond acceptors (Lipinski definition) is 1. The van der Waals surface area contributed by atoms with E-state index in [0.29, 0.717) is 5.88 Å². The summed E-state index contributed by atoms with van der Waals surface area (Å²) in [6.45, 7) is 3.93. The average Bonchev–Trinajstić information content (AvgIpc) is 2.33. The van der Waals surface area contributed by atoms with Crippen molar-refractivity contribution in [2.45, 2.75) is 19.3 Å². The van der Waals surface area contributed by atoms with Crippen LogP contribution in [0.1, 0.15) is 18.4 Å². The van der Waals surface area contributed by atoms with Crippen LogP contribution in [0.25, 0.3) is 12.7 Å². The van der Waals surface area contributed by atoms with E-state index in [9.17, 15) is 5.11 Å². The quantitative estimate of drug-likeness (QED) is 0.583. The van der Waals surface area contributed by atoms with Crippen LogP contribution in [0.15, 0.2) is 0 Å². The monoisotopic (exact) mass is 163 g/mol. The Kier molecular flexibility index (Phi) is 1.50. The third-order valence-electron chi connectivity index (χ3n) is 2.61. The second-order valence-corrected chi connectivity index (χ2v) is 3.32. The van der Waals surface area contributed by atoms with Crippen LogP contribution < -0.4 is 10.6 Å². The van der Waals surface area contributed by atoms with Gasteiger partial charge in [0.15, 0.2) is 5.88 Å². The lowest BCUT2D eigenvalue weighted by Gasteiger charge is -2.03. The third-order valence-corrected chi connectivity index (χ3v) is 2.61. The second kappa shape index (κ2) is 2.41. The zero-order valence-corrected chi connectivity index (χ0v) is 7.30. The molecule has 2 rings (SSSR count). The van der Waals surface area contributed by atoms with Crippen LogP contribution in [0.3, 0.4) is 0 Å². The molecule has 1 aliphatic rings. The van der Waals surface area contributed by atoms with E-state index in [1.165, 1.54) is 0 Å². The highest BCUT2D eigenvalue weighted by Crippen LogP contribution is 2.15. The fourth-order valence-corrected chi connectivity index (χ4v) is 1.82. The van der Waals surface area contributed by atoms with Gasteiger partial charge in [-0.05, 0) is 19.3 Å². The van der Waals surface area contributed by atoms with Crippen LogP contribution in [0.5, 0.6) is 5.88 Å². The van der Waals surface area contributed by atoms with E-state index in [1.54, 1.807) is 4.57 Å². The van der Waals surface area contributed by atoms with Crippen LogP contribution >= 0.6 is 0 Å². The Morgan fingerprint density at radius 1 is 1.58 bits per heavy atom. The molecule has 1 heterocycles. The largest absolute Gasteiger partial charge is 0.494 e. The normalized spacial score (nSPS) is 15.4. The summed E-state index contributed by atoms with van der Waals surface area (Å²) in [5.41, 5.74) is 1.08. The van der Waals surface area contributed by atoms with E-state index in [2.05, 4.69) is 12.7 Å². The minimum absolute atomic E-state index is 0.394. The molecule has 1 aromatic heterocycles. The molecule has 0 aliphatic heterocycles. The van der Waals surface area contributed by atoms with Crippen molar-refractivity contribution in [2.24, 2.45) is 7.05 Å². The molecule has 1 N–H and O–H groups in total. The highest BCUT2D eigenvalue weighted by Gasteiger charge is 2.12. The molecule has 12 heavy (non-hydrogen) atoms. The lowest BCUT2D eigenvalue weighted by molar-refractivity contribution is 0.423. The van der Waals surface area contributed by atoms with Gasteiger partial charge in [-0.2, -0.15) is 0 Å². The van der Waals surface area contributed by atoms with Crippen molar-refractivity contribution in [1.29, 1.82) is 0 Å². The van der Waals surface area contributed by atoms with Gasteiger partial charge in [-0.3, -0.25) is 0 Å². The van der Waals surface area contributed by atoms with Gasteiger partial charge in [0.25, 0.3) is 0 Å². The molecule has 2 heteroatoms. The van der Waals surface area contributed by atoms with Gasteiger partial charge >= 0.3 is 0 Å². The fourth-order valence-electron chi connectivity index (χ4n) is 1.82. The molecule has 0 amide bonds. The van der Waals surface area contributed by atoms with Gasteiger partial charge in [-0.25, -0.2) is 0 Å². The van der Waals surface area contributed by atoms with Crippen molar-refractivity contribution >= 4 is 12.7 Å². The van der Waals surface area contributed by atoms with Crippen LogP contribution in [0.2, 0.25) is 0 Å². The Morgan fingerprint density at radius 3 is 3.00 bits per heavy atom. The Bertz CT molecular complexity index is 414. The van der Waals surface area contributed by atoms with Crippen molar-refractivity contribution in [2.75, 3.05) is 0 Å². The zero-order valence-electron chi connectivity index (χ0n) is 7.30. The van der Waals surface area contributed by atoms with Crippen LogP contribution in [-0.4, -0.2) is 9.67 Å². The molecule has 0 saturated carbocycles. The molecule has 0 bridgehead atoms. The Labute approximate surface area is 71.4 Å². The molecule has 0 spiro atoms. The first-order chi connectivity index (χ1) is 5.72. The second-order valence-electron chi connectivity index (χ2n) is 3.32. The zero-order chi connectivity index (χ0) is 8.72. The molecule has 0 radical (unpaired) electrons. The van der Waals surface area contributed by atoms with Crippen molar-refractivity contribution in [3.05, 3.63) is 16.1 Å². The number of fused-ring (bicyclic) bond motifs is 1. The molecule has 0 fully saturated rings. The Balaban J connectivity index is 2.88. The van der Waals surface area contributed by atoms with E-state index in [1.807, 2.05) is 7.05 Å². The van der Waals surface area contributed by atoms with Crippen molar-refractivity contribution in [1.82, 2.24) is 4.57 Å². The summed E-state index contributed by atoms with van der Waals surface area (Å²) < 4.78 is 1.76. The van der Waals surface area contributed by atoms with Gasteiger partial charge in [0.1, 0.15) is 0 Å². The predicted molar refractivity (Wildman–Crippen MR) is 49.3 cm³/mol. The molecule has 2 nitrogen and oxygen atoms in total. The third kappa shape index (κ3) is 0.809. The van der Waals surface area contributed by atoms with Crippen molar-refractivity contribution in [3.63, 3.8) is 0 Å². The van der Waals surface area contributed by atoms with E-state index >= 15 is 0 Å². The Hall–Kier alpha value is -1.18. The lowest BCUT2D eigenvalue weighted by Crippen LogP contribution is -2.28. The van der Waals surface area contributed by atoms with E-state index in [0.717, 1.165) is 35.4 Å². The number of aromatic nitrogens is 1. The van der Waals surface area contributed by atoms with Crippen LogP contribution in [0.4, 0.5) is 0 Å². The summed E-state index contributed by atoms with van der Waals surface area (Å²) >= 11 is 0. The van der Waals surface area contributed by atoms with E-state index in [-0.39, 0.29) is 0 Å². The summed E-state index contributed by atoms with van der Waals surface area (Å²) in [5.74, 6) is 0.394. The first kappa shape index (κ1) is 7.47. The Morgan fingerprint density at radius 2 is 2.33 bits per heavy atom. The van der Waals surface area contributed by atoms with Gasteiger partial charge in [0.05, 0.1) is 0 Å². The lowest BCUT2D eigenvalue weighted by atomic mass is 10.0. The highest BCUT2D eigenvalue weighted by atomic mass is 16.3. The number of hydrogen-bond donors (Lipinski definition) is 1. The summed E-state index contributed by atoms with van der Waals surface area (Å²) in [4.78, 5) is 0. The summed E-state index contributed by atoms with van der Waals surface area (Å²) in [6.07, 6.45) is 5.41. The van der Waals surface area contributed by atoms with E-state index < -0.39 is 0 Å². The maximum absolute atomic E-state index is 9.67. The van der Waals surface area contributed by atoms with Gasteiger partial charge in [-0.15, -0.1) is 0 Å². The van der Waals surface area contributed by atoms with Gasteiger partial charge in [-0.1, -0.05) is 12.7 Å². The molecule has 0 atom stereocenters. The summed E-state index contributed by atoms with van der Waals surface area (Å²) in [6, 6.07) is 0. The van der Waals surface area contributed by atoms with Gasteiger partial charge in [0.2, 0.25) is 0 Å². The topological polar surface area (TPSA) is 25.2 Å². The molecule has 0 saturated heterocycles. The maximum Gasteiger partial charge on any atom is 0.195 e. The highest BCUT2D eigenvalue weighted by molar-refractivity contribution is 5.40. The average molecular weight is 163 g/mol. The molecule has 0 unspecified atom stereocenters. The van der Waals surface area contributed by atoms with Gasteiger partial charge in [0, 0.05) is 23.2 Å². The molecular weight excluding hydrogens is 150 g/mol. The van der Waals surface area contributed by atoms with Gasteiger partial charge < -0.3 is 9.67 Å². The smallest absolute Gasteiger partial charge is 0.195 e. The standard InChI is InChI=1S/C10H13NO/c1-7-8-5-3-4-6-9(8)10(12)11(7)2/h5,12H,1,3-4,6H2,2H3. The molecular formula is C10H13NO. The predicted octanol–water partition coefficient (Wildman–Crippen LogP) is 0.258. The molecule has 1 aliphatic carbocycles. The first-order valence-corrected chi connectivity index (χ1v) is 4.27. The maximum atomic E-state index is 9.67. The van der Waals surface area contributed by atoms with Crippen LogP contribution in [-0.2, 0) is 13.5 Å². The minimum Gasteiger partial charge on any atom is -0.494 e. The van der Waals surface area contributed by atoms with E-state index in [4.69, 9.17) is 0 Å². The minimum atomic E-state index is 0.394. The first-order valence-electron chi connectivity index (χ1n) is 4.27. The number of rotatable bonds is 0. The van der Waals surface area contributed by atoms with Crippen molar-refractivity contribution < 1.29 is 5.11 Å². The number of aromatic hydroxyl groups is 1. The van der Waals surface area contributed by atoms with Crippen molar-refractivity contribution in [3.8, 4) is 5.88 Å². The van der Waals surface area contributed by atoms with Crippen LogP contribution in [0, 0.1) is 0 Å². The SMILES string of the molecule is C=c1c2c(c(O)n1C)CCCC=2. The number of nitrogens with zero attached hydrogens (tertiary/aromatic N) is 1. The fraction of sp³-hybridized carbons (Fsp3) is 0.400.